The van der Waals surface area contributed by atoms with E-state index >= 15 is 0 Å². The molecule has 0 aromatic carbocycles. The summed E-state index contributed by atoms with van der Waals surface area (Å²) in [6.45, 7) is 5.51. The van der Waals surface area contributed by atoms with E-state index in [0.29, 0.717) is 26.4 Å². The van der Waals surface area contributed by atoms with Crippen molar-refractivity contribution in [3.63, 3.8) is 0 Å². The van der Waals surface area contributed by atoms with Crippen LogP contribution in [0.15, 0.2) is 0 Å². The lowest BCUT2D eigenvalue weighted by atomic mass is 9.92. The SMILES string of the molecule is CC(C)(C(=O)NCC1COCCO1)C(N)=S. The van der Waals surface area contributed by atoms with Crippen molar-refractivity contribution in [3.8, 4) is 0 Å². The summed E-state index contributed by atoms with van der Waals surface area (Å²) in [4.78, 5) is 12.0. The number of ether oxygens (including phenoxy) is 2. The smallest absolute Gasteiger partial charge is 0.232 e. The lowest BCUT2D eigenvalue weighted by Gasteiger charge is -2.26. The zero-order valence-corrected chi connectivity index (χ0v) is 10.4. The Bertz CT molecular complexity index is 275. The second-order valence-corrected chi connectivity index (χ2v) is 4.71. The molecule has 1 saturated heterocycles. The van der Waals surface area contributed by atoms with E-state index in [-0.39, 0.29) is 17.0 Å². The average molecular weight is 246 g/mol. The first-order chi connectivity index (χ1) is 7.44. The molecule has 1 unspecified atom stereocenters. The number of hydrogen-bond donors (Lipinski definition) is 2. The van der Waals surface area contributed by atoms with Gasteiger partial charge in [0.2, 0.25) is 5.91 Å². The number of hydrogen-bond acceptors (Lipinski definition) is 4. The van der Waals surface area contributed by atoms with Gasteiger partial charge in [0.15, 0.2) is 0 Å². The summed E-state index contributed by atoms with van der Waals surface area (Å²) in [5, 5.41) is 2.76. The monoisotopic (exact) mass is 246 g/mol. The van der Waals surface area contributed by atoms with Crippen molar-refractivity contribution in [2.45, 2.75) is 20.0 Å². The van der Waals surface area contributed by atoms with Crippen LogP contribution >= 0.6 is 12.2 Å². The van der Waals surface area contributed by atoms with Crippen LogP contribution in [0.1, 0.15) is 13.8 Å². The van der Waals surface area contributed by atoms with Crippen LogP contribution in [-0.2, 0) is 14.3 Å². The Morgan fingerprint density at radius 1 is 1.56 bits per heavy atom. The van der Waals surface area contributed by atoms with Crippen molar-refractivity contribution in [2.24, 2.45) is 11.1 Å². The predicted molar refractivity (Wildman–Crippen MR) is 64.1 cm³/mol. The first kappa shape index (κ1) is 13.3. The van der Waals surface area contributed by atoms with E-state index in [0.717, 1.165) is 0 Å². The highest BCUT2D eigenvalue weighted by molar-refractivity contribution is 7.80. The highest BCUT2D eigenvalue weighted by Gasteiger charge is 2.31. The Morgan fingerprint density at radius 3 is 2.75 bits per heavy atom. The summed E-state index contributed by atoms with van der Waals surface area (Å²) in [6.07, 6.45) is -0.0835. The number of carbonyl (C=O) groups is 1. The molecule has 0 spiro atoms. The first-order valence-electron chi connectivity index (χ1n) is 5.22. The predicted octanol–water partition coefficient (Wildman–Crippen LogP) is -0.170. The highest BCUT2D eigenvalue weighted by atomic mass is 32.1. The van der Waals surface area contributed by atoms with Crippen LogP contribution in [0.5, 0.6) is 0 Å². The van der Waals surface area contributed by atoms with E-state index in [4.69, 9.17) is 27.4 Å². The molecular weight excluding hydrogens is 228 g/mol. The summed E-state index contributed by atoms with van der Waals surface area (Å²) in [5.41, 5.74) is 4.67. The molecular formula is C10H18N2O3S. The lowest BCUT2D eigenvalue weighted by molar-refractivity contribution is -0.128. The Labute approximate surface area is 101 Å². The molecule has 5 nitrogen and oxygen atoms in total. The van der Waals surface area contributed by atoms with E-state index in [1.165, 1.54) is 0 Å². The molecule has 3 N–H and O–H groups in total. The maximum atomic E-state index is 11.8. The first-order valence-corrected chi connectivity index (χ1v) is 5.63. The Morgan fingerprint density at radius 2 is 2.25 bits per heavy atom. The van der Waals surface area contributed by atoms with Gasteiger partial charge in [0.1, 0.15) is 0 Å². The van der Waals surface area contributed by atoms with Gasteiger partial charge < -0.3 is 20.5 Å². The van der Waals surface area contributed by atoms with Crippen LogP contribution in [-0.4, -0.2) is 43.4 Å². The van der Waals surface area contributed by atoms with E-state index in [1.807, 2.05) is 0 Å². The molecule has 1 atom stereocenters. The zero-order valence-electron chi connectivity index (χ0n) is 9.62. The summed E-state index contributed by atoms with van der Waals surface area (Å²) in [7, 11) is 0. The highest BCUT2D eigenvalue weighted by Crippen LogP contribution is 2.15. The topological polar surface area (TPSA) is 73.6 Å². The molecule has 0 saturated carbocycles. The molecule has 0 aromatic heterocycles. The second-order valence-electron chi connectivity index (χ2n) is 4.27. The largest absolute Gasteiger partial charge is 0.392 e. The average Bonchev–Trinajstić information content (AvgIpc) is 2.27. The summed E-state index contributed by atoms with van der Waals surface area (Å²) < 4.78 is 10.6. The fourth-order valence-corrected chi connectivity index (χ4v) is 1.29. The molecule has 1 aliphatic heterocycles. The Kier molecular flexibility index (Phi) is 4.64. The minimum atomic E-state index is -0.829. The molecule has 1 aliphatic rings. The quantitative estimate of drug-likeness (QED) is 0.674. The molecule has 16 heavy (non-hydrogen) atoms. The van der Waals surface area contributed by atoms with Crippen LogP contribution < -0.4 is 11.1 Å². The van der Waals surface area contributed by atoms with Gasteiger partial charge >= 0.3 is 0 Å². The van der Waals surface area contributed by atoms with Crippen LogP contribution in [0.2, 0.25) is 0 Å². The van der Waals surface area contributed by atoms with Crippen molar-refractivity contribution in [1.29, 1.82) is 0 Å². The molecule has 1 fully saturated rings. The third-order valence-electron chi connectivity index (χ3n) is 2.56. The van der Waals surface area contributed by atoms with E-state index in [1.54, 1.807) is 13.8 Å². The van der Waals surface area contributed by atoms with Crippen molar-refractivity contribution in [3.05, 3.63) is 0 Å². The minimum Gasteiger partial charge on any atom is -0.392 e. The van der Waals surface area contributed by atoms with Crippen molar-refractivity contribution in [2.75, 3.05) is 26.4 Å². The number of rotatable bonds is 4. The normalized spacial score (nSPS) is 21.5. The van der Waals surface area contributed by atoms with Gasteiger partial charge in [0.25, 0.3) is 0 Å². The van der Waals surface area contributed by atoms with Crippen molar-refractivity contribution < 1.29 is 14.3 Å². The molecule has 1 amide bonds. The number of nitrogens with two attached hydrogens (primary N) is 1. The van der Waals surface area contributed by atoms with E-state index in [2.05, 4.69) is 5.32 Å². The van der Waals surface area contributed by atoms with Crippen LogP contribution in [0.25, 0.3) is 0 Å². The zero-order chi connectivity index (χ0) is 12.2. The van der Waals surface area contributed by atoms with E-state index < -0.39 is 5.41 Å². The van der Waals surface area contributed by atoms with Gasteiger partial charge in [-0.2, -0.15) is 0 Å². The fraction of sp³-hybridized carbons (Fsp3) is 0.800. The molecule has 0 aromatic rings. The molecule has 0 radical (unpaired) electrons. The lowest BCUT2D eigenvalue weighted by Crippen LogP contribution is -2.48. The maximum absolute atomic E-state index is 11.8. The van der Waals surface area contributed by atoms with Crippen LogP contribution in [0.4, 0.5) is 0 Å². The third kappa shape index (κ3) is 3.40. The van der Waals surface area contributed by atoms with Crippen molar-refractivity contribution in [1.82, 2.24) is 5.32 Å². The molecule has 1 heterocycles. The van der Waals surface area contributed by atoms with Crippen LogP contribution in [0, 0.1) is 5.41 Å². The standard InChI is InChI=1S/C10H18N2O3S/c1-10(2,8(11)16)9(13)12-5-7-6-14-3-4-15-7/h7H,3-6H2,1-2H3,(H2,11,16)(H,12,13). The number of nitrogens with one attached hydrogen (secondary N) is 1. The van der Waals surface area contributed by atoms with Crippen molar-refractivity contribution >= 4 is 23.1 Å². The van der Waals surface area contributed by atoms with Gasteiger partial charge in [-0.25, -0.2) is 0 Å². The second kappa shape index (κ2) is 5.56. The van der Waals surface area contributed by atoms with Gasteiger partial charge in [-0.1, -0.05) is 12.2 Å². The number of carbonyl (C=O) groups excluding carboxylic acids is 1. The molecule has 0 bridgehead atoms. The van der Waals surface area contributed by atoms with Crippen LogP contribution in [0.3, 0.4) is 0 Å². The molecule has 0 aliphatic carbocycles. The fourth-order valence-electron chi connectivity index (χ4n) is 1.19. The molecule has 1 rings (SSSR count). The molecule has 6 heteroatoms. The summed E-state index contributed by atoms with van der Waals surface area (Å²) in [5.74, 6) is -0.186. The van der Waals surface area contributed by atoms with Gasteiger partial charge in [-0.05, 0) is 13.8 Å². The van der Waals surface area contributed by atoms with Gasteiger partial charge in [-0.15, -0.1) is 0 Å². The summed E-state index contributed by atoms with van der Waals surface area (Å²) >= 11 is 4.84. The minimum absolute atomic E-state index is 0.0835. The third-order valence-corrected chi connectivity index (χ3v) is 3.07. The number of amides is 1. The Balaban J connectivity index is 2.37. The number of thiocarbonyl (C=S) groups is 1. The Hall–Kier alpha value is -0.720. The molecule has 92 valence electrons. The van der Waals surface area contributed by atoms with Gasteiger partial charge in [-0.3, -0.25) is 4.79 Å². The van der Waals surface area contributed by atoms with Gasteiger partial charge in [0.05, 0.1) is 36.3 Å². The summed E-state index contributed by atoms with van der Waals surface area (Å²) in [6, 6.07) is 0. The van der Waals surface area contributed by atoms with E-state index in [9.17, 15) is 4.79 Å². The van der Waals surface area contributed by atoms with Gasteiger partial charge in [0, 0.05) is 6.54 Å². The maximum Gasteiger partial charge on any atom is 0.232 e.